The van der Waals surface area contributed by atoms with Crippen LogP contribution in [0.25, 0.3) is 11.5 Å². The van der Waals surface area contributed by atoms with Gasteiger partial charge in [0, 0.05) is 24.9 Å². The summed E-state index contributed by atoms with van der Waals surface area (Å²) in [5.74, 6) is 1.50. The van der Waals surface area contributed by atoms with E-state index >= 15 is 0 Å². The quantitative estimate of drug-likeness (QED) is 0.751. The van der Waals surface area contributed by atoms with Crippen molar-refractivity contribution in [1.29, 1.82) is 0 Å². The lowest BCUT2D eigenvalue weighted by atomic mass is 9.97. The average molecular weight is 338 g/mol. The number of oxazole rings is 1. The standard InChI is InChI=1S/C21H26N2O2/c1-16-19(23-21(25-16)18-10-6-3-7-11-18)12-13-20(24)22-15-14-17-8-4-2-5-9-17/h3,6-8,10-11H,2,4-5,9,12-15H2,1H3,(H,22,24). The first kappa shape index (κ1) is 17.5. The van der Waals surface area contributed by atoms with E-state index < -0.39 is 0 Å². The van der Waals surface area contributed by atoms with Gasteiger partial charge in [-0.2, -0.15) is 0 Å². The van der Waals surface area contributed by atoms with Crippen molar-refractivity contribution >= 4 is 5.91 Å². The molecule has 0 radical (unpaired) electrons. The largest absolute Gasteiger partial charge is 0.441 e. The number of amides is 1. The second-order valence-electron chi connectivity index (χ2n) is 6.60. The van der Waals surface area contributed by atoms with E-state index in [0.29, 0.717) is 18.7 Å². The van der Waals surface area contributed by atoms with Crippen molar-refractivity contribution in [2.45, 2.75) is 51.9 Å². The molecule has 1 amide bonds. The van der Waals surface area contributed by atoms with E-state index in [9.17, 15) is 4.79 Å². The van der Waals surface area contributed by atoms with Crippen LogP contribution >= 0.6 is 0 Å². The van der Waals surface area contributed by atoms with Crippen LogP contribution < -0.4 is 5.32 Å². The van der Waals surface area contributed by atoms with Gasteiger partial charge in [0.15, 0.2) is 0 Å². The summed E-state index contributed by atoms with van der Waals surface area (Å²) in [4.78, 5) is 16.6. The fraction of sp³-hybridized carbons (Fsp3) is 0.429. The number of hydrogen-bond acceptors (Lipinski definition) is 3. The molecule has 1 aromatic carbocycles. The zero-order valence-corrected chi connectivity index (χ0v) is 14.9. The van der Waals surface area contributed by atoms with Gasteiger partial charge >= 0.3 is 0 Å². The van der Waals surface area contributed by atoms with Crippen molar-refractivity contribution in [1.82, 2.24) is 10.3 Å². The Balaban J connectivity index is 1.46. The van der Waals surface area contributed by atoms with Crippen LogP contribution in [-0.2, 0) is 11.2 Å². The van der Waals surface area contributed by atoms with E-state index in [4.69, 9.17) is 4.42 Å². The van der Waals surface area contributed by atoms with Crippen LogP contribution in [0.1, 0.15) is 50.0 Å². The smallest absolute Gasteiger partial charge is 0.226 e. The molecule has 1 heterocycles. The first-order valence-corrected chi connectivity index (χ1v) is 9.18. The van der Waals surface area contributed by atoms with Crippen molar-refractivity contribution in [2.24, 2.45) is 0 Å². The Morgan fingerprint density at radius 2 is 2.04 bits per heavy atom. The fourth-order valence-electron chi connectivity index (χ4n) is 3.18. The summed E-state index contributed by atoms with van der Waals surface area (Å²) in [5, 5.41) is 3.02. The van der Waals surface area contributed by atoms with Gasteiger partial charge in [-0.25, -0.2) is 4.98 Å². The molecule has 0 fully saturated rings. The Hall–Kier alpha value is -2.36. The second kappa shape index (κ2) is 8.65. The molecule has 4 nitrogen and oxygen atoms in total. The zero-order valence-electron chi connectivity index (χ0n) is 14.9. The van der Waals surface area contributed by atoms with Crippen molar-refractivity contribution in [3.8, 4) is 11.5 Å². The van der Waals surface area contributed by atoms with Crippen molar-refractivity contribution in [2.75, 3.05) is 6.54 Å². The molecule has 1 N–H and O–H groups in total. The predicted molar refractivity (Wildman–Crippen MR) is 99.2 cm³/mol. The molecule has 0 unspecified atom stereocenters. The molecule has 0 aliphatic heterocycles. The third-order valence-electron chi connectivity index (χ3n) is 4.66. The minimum Gasteiger partial charge on any atom is -0.441 e. The maximum Gasteiger partial charge on any atom is 0.226 e. The van der Waals surface area contributed by atoms with E-state index in [2.05, 4.69) is 16.4 Å². The number of aryl methyl sites for hydroxylation is 2. The molecular formula is C21H26N2O2. The van der Waals surface area contributed by atoms with Gasteiger partial charge in [-0.3, -0.25) is 4.79 Å². The van der Waals surface area contributed by atoms with Gasteiger partial charge in [-0.1, -0.05) is 29.8 Å². The fourth-order valence-corrected chi connectivity index (χ4v) is 3.18. The Labute approximate surface area is 149 Å². The summed E-state index contributed by atoms with van der Waals surface area (Å²) in [6, 6.07) is 9.84. The third-order valence-corrected chi connectivity index (χ3v) is 4.66. The lowest BCUT2D eigenvalue weighted by Gasteiger charge is -2.12. The molecule has 0 bridgehead atoms. The van der Waals surface area contributed by atoms with Crippen molar-refractivity contribution in [3.05, 3.63) is 53.4 Å². The minimum absolute atomic E-state index is 0.0834. The number of rotatable bonds is 7. The van der Waals surface area contributed by atoms with Gasteiger partial charge in [0.2, 0.25) is 11.8 Å². The van der Waals surface area contributed by atoms with Gasteiger partial charge in [0.05, 0.1) is 5.69 Å². The molecule has 2 aromatic rings. The second-order valence-corrected chi connectivity index (χ2v) is 6.60. The highest BCUT2D eigenvalue weighted by atomic mass is 16.4. The van der Waals surface area contributed by atoms with Crippen LogP contribution in [0.15, 0.2) is 46.4 Å². The number of hydrogen-bond donors (Lipinski definition) is 1. The molecule has 1 aromatic heterocycles. The highest BCUT2D eigenvalue weighted by molar-refractivity contribution is 5.76. The lowest BCUT2D eigenvalue weighted by Crippen LogP contribution is -2.25. The summed E-state index contributed by atoms with van der Waals surface area (Å²) in [7, 11) is 0. The van der Waals surface area contributed by atoms with Crippen LogP contribution in [0.2, 0.25) is 0 Å². The highest BCUT2D eigenvalue weighted by Crippen LogP contribution is 2.22. The number of carbonyl (C=O) groups excluding carboxylic acids is 1. The maximum absolute atomic E-state index is 12.1. The van der Waals surface area contributed by atoms with Crippen molar-refractivity contribution < 1.29 is 9.21 Å². The number of carbonyl (C=O) groups is 1. The van der Waals surface area contributed by atoms with Crippen molar-refractivity contribution in [3.63, 3.8) is 0 Å². The van der Waals surface area contributed by atoms with Gasteiger partial charge in [-0.15, -0.1) is 0 Å². The van der Waals surface area contributed by atoms with Gasteiger partial charge in [0.25, 0.3) is 0 Å². The molecule has 0 saturated heterocycles. The highest BCUT2D eigenvalue weighted by Gasteiger charge is 2.13. The first-order valence-electron chi connectivity index (χ1n) is 9.18. The van der Waals surface area contributed by atoms with E-state index in [-0.39, 0.29) is 5.91 Å². The van der Waals surface area contributed by atoms with Gasteiger partial charge in [0.1, 0.15) is 5.76 Å². The monoisotopic (exact) mass is 338 g/mol. The molecule has 1 aliphatic carbocycles. The predicted octanol–water partition coefficient (Wildman–Crippen LogP) is 4.59. The molecule has 0 saturated carbocycles. The summed E-state index contributed by atoms with van der Waals surface area (Å²) in [5.41, 5.74) is 3.32. The summed E-state index contributed by atoms with van der Waals surface area (Å²) in [6.07, 6.45) is 9.34. The Morgan fingerprint density at radius 1 is 1.20 bits per heavy atom. The molecule has 0 spiro atoms. The molecule has 4 heteroatoms. The number of aromatic nitrogens is 1. The van der Waals surface area contributed by atoms with E-state index in [0.717, 1.165) is 30.0 Å². The molecule has 1 aliphatic rings. The summed E-state index contributed by atoms with van der Waals surface area (Å²) < 4.78 is 5.74. The number of nitrogens with zero attached hydrogens (tertiary/aromatic N) is 1. The third kappa shape index (κ3) is 5.05. The first-order chi connectivity index (χ1) is 12.2. The van der Waals surface area contributed by atoms with Gasteiger partial charge in [-0.05, 0) is 51.2 Å². The maximum atomic E-state index is 12.1. The number of nitrogens with one attached hydrogen (secondary N) is 1. The van der Waals surface area contributed by atoms with Gasteiger partial charge < -0.3 is 9.73 Å². The molecule has 132 valence electrons. The zero-order chi connectivity index (χ0) is 17.5. The SMILES string of the molecule is Cc1oc(-c2ccccc2)nc1CCC(=O)NCCC1=CCCCC1. The summed E-state index contributed by atoms with van der Waals surface area (Å²) in [6.45, 7) is 2.64. The molecule has 0 atom stereocenters. The lowest BCUT2D eigenvalue weighted by molar-refractivity contribution is -0.121. The van der Waals surface area contributed by atoms with Crippen LogP contribution in [0.5, 0.6) is 0 Å². The molecule has 3 rings (SSSR count). The van der Waals surface area contributed by atoms with Crippen LogP contribution in [0.4, 0.5) is 0 Å². The van der Waals surface area contributed by atoms with E-state index in [1.54, 1.807) is 0 Å². The average Bonchev–Trinajstić information content (AvgIpc) is 3.02. The molecule has 25 heavy (non-hydrogen) atoms. The summed E-state index contributed by atoms with van der Waals surface area (Å²) >= 11 is 0. The topological polar surface area (TPSA) is 55.1 Å². The van der Waals surface area contributed by atoms with Crippen LogP contribution in [0.3, 0.4) is 0 Å². The van der Waals surface area contributed by atoms with Crippen LogP contribution in [-0.4, -0.2) is 17.4 Å². The minimum atomic E-state index is 0.0834. The van der Waals surface area contributed by atoms with E-state index in [1.165, 1.54) is 31.3 Å². The molecular weight excluding hydrogens is 312 g/mol. The number of allylic oxidation sites excluding steroid dienone is 1. The Morgan fingerprint density at radius 3 is 2.80 bits per heavy atom. The van der Waals surface area contributed by atoms with E-state index in [1.807, 2.05) is 37.3 Å². The number of benzene rings is 1. The Kier molecular flexibility index (Phi) is 6.04. The van der Waals surface area contributed by atoms with Crippen LogP contribution in [0, 0.1) is 6.92 Å². The Bertz CT molecular complexity index is 732. The normalized spacial score (nSPS) is 14.2.